The molecule has 0 aliphatic carbocycles. The number of terminal acetylenes is 1. The molecule has 19 heavy (non-hydrogen) atoms. The minimum absolute atomic E-state index is 0.0294. The molecule has 3 heterocycles. The number of ether oxygens (including phenoxy) is 1. The van der Waals surface area contributed by atoms with Gasteiger partial charge < -0.3 is 15.6 Å². The molecular formula is C13H12N4O2. The normalized spacial score (nSPS) is 18.1. The highest BCUT2D eigenvalue weighted by Crippen LogP contribution is 2.29. The topological polar surface area (TPSA) is 86.2 Å². The van der Waals surface area contributed by atoms with Crippen molar-refractivity contribution in [1.82, 2.24) is 14.5 Å². The van der Waals surface area contributed by atoms with Crippen LogP contribution in [0.5, 0.6) is 0 Å². The van der Waals surface area contributed by atoms with E-state index < -0.39 is 0 Å². The Morgan fingerprint density at radius 1 is 1.58 bits per heavy atom. The zero-order valence-electron chi connectivity index (χ0n) is 10.1. The second-order valence-corrected chi connectivity index (χ2v) is 4.22. The third kappa shape index (κ3) is 1.72. The summed E-state index contributed by atoms with van der Waals surface area (Å²) in [5.41, 5.74) is 7.06. The van der Waals surface area contributed by atoms with Crippen LogP contribution in [-0.2, 0) is 4.74 Å². The van der Waals surface area contributed by atoms with Crippen molar-refractivity contribution in [2.45, 2.75) is 12.5 Å². The smallest absolute Gasteiger partial charge is 0.195 e. The first-order valence-corrected chi connectivity index (χ1v) is 5.80. The Bertz CT molecular complexity index is 711. The molecule has 96 valence electrons. The van der Waals surface area contributed by atoms with Gasteiger partial charge in [-0.2, -0.15) is 0 Å². The highest BCUT2D eigenvalue weighted by Gasteiger charge is 2.22. The summed E-state index contributed by atoms with van der Waals surface area (Å²) in [5, 5.41) is 9.73. The highest BCUT2D eigenvalue weighted by atomic mass is 16.5. The molecule has 6 nitrogen and oxygen atoms in total. The molecule has 0 saturated carbocycles. The summed E-state index contributed by atoms with van der Waals surface area (Å²) in [6.45, 7) is -0.0294. The second kappa shape index (κ2) is 4.30. The number of aromatic nitrogens is 3. The molecule has 6 heteroatoms. The van der Waals surface area contributed by atoms with Crippen LogP contribution < -0.4 is 5.73 Å². The van der Waals surface area contributed by atoms with Gasteiger partial charge in [0, 0.05) is 12.6 Å². The number of aliphatic hydroxyl groups excluding tert-OH is 1. The van der Waals surface area contributed by atoms with E-state index in [0.29, 0.717) is 34.7 Å². The maximum absolute atomic E-state index is 9.09. The van der Waals surface area contributed by atoms with Crippen molar-refractivity contribution in [3.8, 4) is 12.3 Å². The van der Waals surface area contributed by atoms with Gasteiger partial charge in [0.2, 0.25) is 0 Å². The Hall–Kier alpha value is -2.52. The van der Waals surface area contributed by atoms with E-state index in [0.717, 1.165) is 0 Å². The van der Waals surface area contributed by atoms with Crippen LogP contribution in [0.2, 0.25) is 0 Å². The van der Waals surface area contributed by atoms with Gasteiger partial charge in [-0.25, -0.2) is 9.97 Å². The van der Waals surface area contributed by atoms with Gasteiger partial charge in [-0.15, -0.1) is 6.42 Å². The van der Waals surface area contributed by atoms with Crippen LogP contribution in [0.25, 0.3) is 16.9 Å². The van der Waals surface area contributed by atoms with E-state index in [-0.39, 0.29) is 12.7 Å². The molecule has 3 N–H and O–H groups in total. The Morgan fingerprint density at radius 3 is 3.11 bits per heavy atom. The maximum Gasteiger partial charge on any atom is 0.195 e. The standard InChI is InChI=1S/C13H12N4O2/c1-2-8-5-17(10-4-3-9(6-18)19-10)13-11(8)12(14)15-7-16-13/h1,4-5,7,9,18H,3,6H2,(H2,14,15,16). The van der Waals surface area contributed by atoms with E-state index in [9.17, 15) is 0 Å². The molecular weight excluding hydrogens is 244 g/mol. The number of hydrogen-bond donors (Lipinski definition) is 2. The summed E-state index contributed by atoms with van der Waals surface area (Å²) in [7, 11) is 0. The predicted molar refractivity (Wildman–Crippen MR) is 70.7 cm³/mol. The third-order valence-corrected chi connectivity index (χ3v) is 3.05. The van der Waals surface area contributed by atoms with Crippen molar-refractivity contribution in [2.75, 3.05) is 12.3 Å². The molecule has 2 aromatic heterocycles. The fraction of sp³-hybridized carbons (Fsp3) is 0.231. The summed E-state index contributed by atoms with van der Waals surface area (Å²) in [4.78, 5) is 8.14. The third-order valence-electron chi connectivity index (χ3n) is 3.05. The predicted octanol–water partition coefficient (Wildman–Crippen LogP) is 0.574. The van der Waals surface area contributed by atoms with Crippen LogP contribution in [0.1, 0.15) is 12.0 Å². The van der Waals surface area contributed by atoms with Crippen LogP contribution in [0.15, 0.2) is 18.6 Å². The lowest BCUT2D eigenvalue weighted by Gasteiger charge is -2.11. The van der Waals surface area contributed by atoms with E-state index >= 15 is 0 Å². The summed E-state index contributed by atoms with van der Waals surface area (Å²) in [5.74, 6) is 3.51. The molecule has 0 saturated heterocycles. The summed E-state index contributed by atoms with van der Waals surface area (Å²) in [6, 6.07) is 0. The monoisotopic (exact) mass is 256 g/mol. The van der Waals surface area contributed by atoms with Gasteiger partial charge in [0.15, 0.2) is 11.5 Å². The molecule has 3 rings (SSSR count). The van der Waals surface area contributed by atoms with Gasteiger partial charge in [0.1, 0.15) is 18.2 Å². The fourth-order valence-corrected chi connectivity index (χ4v) is 2.13. The Balaban J connectivity index is 2.16. The van der Waals surface area contributed by atoms with Gasteiger partial charge in [-0.3, -0.25) is 4.57 Å². The SMILES string of the molecule is C#Cc1cn(C2=CCC(CO)O2)c2ncnc(N)c12. The molecule has 0 radical (unpaired) electrons. The number of hydrogen-bond acceptors (Lipinski definition) is 5. The van der Waals surface area contributed by atoms with E-state index in [2.05, 4.69) is 15.9 Å². The molecule has 0 fully saturated rings. The molecule has 1 aliphatic rings. The van der Waals surface area contributed by atoms with Gasteiger partial charge >= 0.3 is 0 Å². The number of nitrogen functional groups attached to an aromatic ring is 1. The molecule has 0 spiro atoms. The maximum atomic E-state index is 9.09. The first-order valence-electron chi connectivity index (χ1n) is 5.80. The summed E-state index contributed by atoms with van der Waals surface area (Å²) in [6.07, 6.45) is 10.9. The van der Waals surface area contributed by atoms with E-state index in [1.807, 2.05) is 6.08 Å². The van der Waals surface area contributed by atoms with Crippen LogP contribution in [-0.4, -0.2) is 32.4 Å². The number of nitrogens with two attached hydrogens (primary N) is 1. The van der Waals surface area contributed by atoms with Crippen molar-refractivity contribution < 1.29 is 9.84 Å². The first kappa shape index (κ1) is 11.6. The largest absolute Gasteiger partial charge is 0.473 e. The Kier molecular flexibility index (Phi) is 2.62. The van der Waals surface area contributed by atoms with Crippen LogP contribution >= 0.6 is 0 Å². The van der Waals surface area contributed by atoms with Crippen molar-refractivity contribution in [2.24, 2.45) is 0 Å². The lowest BCUT2D eigenvalue weighted by atomic mass is 10.2. The van der Waals surface area contributed by atoms with Crippen molar-refractivity contribution >= 4 is 22.7 Å². The molecule has 1 unspecified atom stereocenters. The fourth-order valence-electron chi connectivity index (χ4n) is 2.13. The Morgan fingerprint density at radius 2 is 2.42 bits per heavy atom. The van der Waals surface area contributed by atoms with Crippen LogP contribution in [0.4, 0.5) is 5.82 Å². The molecule has 0 amide bonds. The van der Waals surface area contributed by atoms with E-state index in [1.54, 1.807) is 10.8 Å². The summed E-state index contributed by atoms with van der Waals surface area (Å²) >= 11 is 0. The minimum atomic E-state index is -0.221. The quantitative estimate of drug-likeness (QED) is 0.767. The lowest BCUT2D eigenvalue weighted by Crippen LogP contribution is -2.12. The van der Waals surface area contributed by atoms with Crippen LogP contribution in [0.3, 0.4) is 0 Å². The van der Waals surface area contributed by atoms with Crippen molar-refractivity contribution in [3.63, 3.8) is 0 Å². The molecule has 0 aromatic carbocycles. The lowest BCUT2D eigenvalue weighted by molar-refractivity contribution is 0.103. The van der Waals surface area contributed by atoms with E-state index in [4.69, 9.17) is 22.0 Å². The average molecular weight is 256 g/mol. The molecule has 2 aromatic rings. The Labute approximate surface area is 109 Å². The number of anilines is 1. The zero-order valence-corrected chi connectivity index (χ0v) is 10.1. The van der Waals surface area contributed by atoms with Gasteiger partial charge in [0.05, 0.1) is 17.6 Å². The van der Waals surface area contributed by atoms with Gasteiger partial charge in [-0.1, -0.05) is 5.92 Å². The summed E-state index contributed by atoms with van der Waals surface area (Å²) < 4.78 is 7.34. The molecule has 1 atom stereocenters. The number of nitrogens with zero attached hydrogens (tertiary/aromatic N) is 3. The van der Waals surface area contributed by atoms with E-state index in [1.165, 1.54) is 6.33 Å². The molecule has 1 aliphatic heterocycles. The minimum Gasteiger partial charge on any atom is -0.473 e. The first-order chi connectivity index (χ1) is 9.24. The molecule has 0 bridgehead atoms. The number of rotatable bonds is 2. The van der Waals surface area contributed by atoms with Crippen LogP contribution in [0, 0.1) is 12.3 Å². The van der Waals surface area contributed by atoms with Gasteiger partial charge in [0.25, 0.3) is 0 Å². The number of fused-ring (bicyclic) bond motifs is 1. The highest BCUT2D eigenvalue weighted by molar-refractivity contribution is 5.93. The van der Waals surface area contributed by atoms with Gasteiger partial charge in [-0.05, 0) is 6.08 Å². The number of aliphatic hydroxyl groups is 1. The van der Waals surface area contributed by atoms with Crippen molar-refractivity contribution in [3.05, 3.63) is 24.2 Å². The van der Waals surface area contributed by atoms with Crippen molar-refractivity contribution in [1.29, 1.82) is 0 Å². The average Bonchev–Trinajstić information content (AvgIpc) is 3.02. The second-order valence-electron chi connectivity index (χ2n) is 4.22. The zero-order chi connectivity index (χ0) is 13.4.